The minimum atomic E-state index is -0.339. The van der Waals surface area contributed by atoms with Crippen molar-refractivity contribution in [3.63, 3.8) is 0 Å². The lowest BCUT2D eigenvalue weighted by Gasteiger charge is -2.16. The Labute approximate surface area is 131 Å². The molecule has 0 saturated heterocycles. The van der Waals surface area contributed by atoms with Gasteiger partial charge >= 0.3 is 0 Å². The predicted octanol–water partition coefficient (Wildman–Crippen LogP) is 3.84. The summed E-state index contributed by atoms with van der Waals surface area (Å²) in [6.07, 6.45) is 0. The number of benzene rings is 2. The molecule has 21 heavy (non-hydrogen) atoms. The van der Waals surface area contributed by atoms with Crippen LogP contribution >= 0.6 is 15.9 Å². The molecule has 0 aliphatic rings. The van der Waals surface area contributed by atoms with Crippen molar-refractivity contribution in [1.29, 1.82) is 0 Å². The lowest BCUT2D eigenvalue weighted by atomic mass is 10.1. The van der Waals surface area contributed by atoms with Gasteiger partial charge in [0, 0.05) is 4.47 Å². The fourth-order valence-electron chi connectivity index (χ4n) is 1.87. The number of ether oxygens (including phenoxy) is 1. The fraction of sp³-hybridized carbons (Fsp3) is 0.188. The quantitative estimate of drug-likeness (QED) is 0.888. The standard InChI is InChI=1S/C16H15BrFNO2/c1-11(14-4-2-3-5-15(14)17)19-16(20)10-21-13-8-6-12(18)7-9-13/h2-9,11H,10H2,1H3,(H,19,20)/t11-/m0/s1. The first-order chi connectivity index (χ1) is 10.1. The van der Waals surface area contributed by atoms with Gasteiger partial charge in [-0.05, 0) is 42.8 Å². The zero-order chi connectivity index (χ0) is 15.2. The molecule has 0 radical (unpaired) electrons. The first kappa shape index (κ1) is 15.5. The second-order valence-electron chi connectivity index (χ2n) is 4.55. The summed E-state index contributed by atoms with van der Waals surface area (Å²) >= 11 is 3.45. The number of carbonyl (C=O) groups excluding carboxylic acids is 1. The average molecular weight is 352 g/mol. The second-order valence-corrected chi connectivity index (χ2v) is 5.41. The molecule has 0 aromatic heterocycles. The van der Waals surface area contributed by atoms with Gasteiger partial charge in [0.05, 0.1) is 6.04 Å². The zero-order valence-electron chi connectivity index (χ0n) is 11.5. The number of halogens is 2. The summed E-state index contributed by atoms with van der Waals surface area (Å²) in [6, 6.07) is 13.1. The zero-order valence-corrected chi connectivity index (χ0v) is 13.1. The fourth-order valence-corrected chi connectivity index (χ4v) is 2.50. The van der Waals surface area contributed by atoms with Crippen LogP contribution in [0.4, 0.5) is 4.39 Å². The summed E-state index contributed by atoms with van der Waals surface area (Å²) in [5, 5.41) is 2.85. The highest BCUT2D eigenvalue weighted by Crippen LogP contribution is 2.22. The van der Waals surface area contributed by atoms with Gasteiger partial charge in [-0.15, -0.1) is 0 Å². The van der Waals surface area contributed by atoms with Gasteiger partial charge in [0.15, 0.2) is 6.61 Å². The summed E-state index contributed by atoms with van der Waals surface area (Å²) in [5.41, 5.74) is 0.993. The molecule has 1 atom stereocenters. The van der Waals surface area contributed by atoms with E-state index in [9.17, 15) is 9.18 Å². The highest BCUT2D eigenvalue weighted by Gasteiger charge is 2.12. The SMILES string of the molecule is C[C@H](NC(=O)COc1ccc(F)cc1)c1ccccc1Br. The van der Waals surface area contributed by atoms with E-state index in [-0.39, 0.29) is 24.4 Å². The molecule has 2 rings (SSSR count). The van der Waals surface area contributed by atoms with Crippen LogP contribution in [0.1, 0.15) is 18.5 Å². The molecule has 0 aliphatic carbocycles. The molecule has 0 bridgehead atoms. The van der Waals surface area contributed by atoms with Gasteiger partial charge in [-0.1, -0.05) is 34.1 Å². The van der Waals surface area contributed by atoms with E-state index < -0.39 is 0 Å². The average Bonchev–Trinajstić information content (AvgIpc) is 2.47. The Bertz CT molecular complexity index is 616. The Hall–Kier alpha value is -1.88. The molecule has 5 heteroatoms. The van der Waals surface area contributed by atoms with E-state index in [2.05, 4.69) is 21.2 Å². The Balaban J connectivity index is 1.87. The van der Waals surface area contributed by atoms with Crippen LogP contribution in [0.25, 0.3) is 0 Å². The lowest BCUT2D eigenvalue weighted by Crippen LogP contribution is -2.31. The second kappa shape index (κ2) is 7.22. The van der Waals surface area contributed by atoms with Gasteiger partial charge in [0.25, 0.3) is 5.91 Å². The summed E-state index contributed by atoms with van der Waals surface area (Å²) in [6.45, 7) is 1.79. The van der Waals surface area contributed by atoms with E-state index >= 15 is 0 Å². The third kappa shape index (κ3) is 4.56. The van der Waals surface area contributed by atoms with E-state index in [4.69, 9.17) is 4.74 Å². The van der Waals surface area contributed by atoms with Crippen molar-refractivity contribution in [3.05, 3.63) is 64.4 Å². The molecule has 1 amide bonds. The van der Waals surface area contributed by atoms with Crippen molar-refractivity contribution < 1.29 is 13.9 Å². The van der Waals surface area contributed by atoms with Gasteiger partial charge in [0.1, 0.15) is 11.6 Å². The van der Waals surface area contributed by atoms with Crippen molar-refractivity contribution in [2.45, 2.75) is 13.0 Å². The van der Waals surface area contributed by atoms with Crippen molar-refractivity contribution in [2.75, 3.05) is 6.61 Å². The van der Waals surface area contributed by atoms with Gasteiger partial charge in [-0.25, -0.2) is 4.39 Å². The summed E-state index contributed by atoms with van der Waals surface area (Å²) in [5.74, 6) is -0.114. The van der Waals surface area contributed by atoms with E-state index in [1.165, 1.54) is 24.3 Å². The molecule has 1 N–H and O–H groups in total. The van der Waals surface area contributed by atoms with E-state index in [0.717, 1.165) is 10.0 Å². The van der Waals surface area contributed by atoms with Crippen LogP contribution in [0.15, 0.2) is 53.0 Å². The highest BCUT2D eigenvalue weighted by atomic mass is 79.9. The Morgan fingerprint density at radius 2 is 1.90 bits per heavy atom. The molecule has 0 unspecified atom stereocenters. The molecule has 0 spiro atoms. The lowest BCUT2D eigenvalue weighted by molar-refractivity contribution is -0.123. The summed E-state index contributed by atoms with van der Waals surface area (Å²) in [7, 11) is 0. The monoisotopic (exact) mass is 351 g/mol. The van der Waals surface area contributed by atoms with Gasteiger partial charge in [-0.2, -0.15) is 0 Å². The van der Waals surface area contributed by atoms with Crippen LogP contribution in [0, 0.1) is 5.82 Å². The van der Waals surface area contributed by atoms with Gasteiger partial charge in [-0.3, -0.25) is 4.79 Å². The van der Waals surface area contributed by atoms with Crippen LogP contribution in [0.3, 0.4) is 0 Å². The Morgan fingerprint density at radius 3 is 2.57 bits per heavy atom. The molecular formula is C16H15BrFNO2. The third-order valence-corrected chi connectivity index (χ3v) is 3.65. The van der Waals surface area contributed by atoms with Crippen LogP contribution < -0.4 is 10.1 Å². The minimum absolute atomic E-state index is 0.111. The van der Waals surface area contributed by atoms with Crippen molar-refractivity contribution in [1.82, 2.24) is 5.32 Å². The molecule has 110 valence electrons. The maximum Gasteiger partial charge on any atom is 0.258 e. The highest BCUT2D eigenvalue weighted by molar-refractivity contribution is 9.10. The van der Waals surface area contributed by atoms with E-state index in [0.29, 0.717) is 5.75 Å². The van der Waals surface area contributed by atoms with E-state index in [1.54, 1.807) is 0 Å². The number of nitrogens with one attached hydrogen (secondary N) is 1. The number of carbonyl (C=O) groups is 1. The number of hydrogen-bond acceptors (Lipinski definition) is 2. The van der Waals surface area contributed by atoms with Gasteiger partial charge < -0.3 is 10.1 Å². The van der Waals surface area contributed by atoms with Gasteiger partial charge in [0.2, 0.25) is 0 Å². The molecule has 0 aliphatic heterocycles. The number of hydrogen-bond donors (Lipinski definition) is 1. The summed E-state index contributed by atoms with van der Waals surface area (Å²) < 4.78 is 19.0. The minimum Gasteiger partial charge on any atom is -0.484 e. The van der Waals surface area contributed by atoms with Crippen molar-refractivity contribution in [2.24, 2.45) is 0 Å². The molecular weight excluding hydrogens is 337 g/mol. The Kier molecular flexibility index (Phi) is 5.33. The Morgan fingerprint density at radius 1 is 1.24 bits per heavy atom. The first-order valence-corrected chi connectivity index (χ1v) is 7.27. The normalized spacial score (nSPS) is 11.8. The van der Waals surface area contributed by atoms with Crippen LogP contribution in [-0.2, 0) is 4.79 Å². The maximum absolute atomic E-state index is 12.7. The molecule has 2 aromatic rings. The molecule has 0 saturated carbocycles. The molecule has 3 nitrogen and oxygen atoms in total. The number of amides is 1. The number of rotatable bonds is 5. The molecule has 0 fully saturated rings. The smallest absolute Gasteiger partial charge is 0.258 e. The van der Waals surface area contributed by atoms with Crippen molar-refractivity contribution in [3.8, 4) is 5.75 Å². The predicted molar refractivity (Wildman–Crippen MR) is 82.6 cm³/mol. The van der Waals surface area contributed by atoms with Crippen LogP contribution in [0.2, 0.25) is 0 Å². The molecule has 2 aromatic carbocycles. The van der Waals surface area contributed by atoms with Crippen LogP contribution in [-0.4, -0.2) is 12.5 Å². The first-order valence-electron chi connectivity index (χ1n) is 6.48. The van der Waals surface area contributed by atoms with Crippen molar-refractivity contribution >= 4 is 21.8 Å². The largest absolute Gasteiger partial charge is 0.484 e. The van der Waals surface area contributed by atoms with Crippen LogP contribution in [0.5, 0.6) is 5.75 Å². The maximum atomic E-state index is 12.7. The summed E-state index contributed by atoms with van der Waals surface area (Å²) in [4.78, 5) is 11.9. The van der Waals surface area contributed by atoms with E-state index in [1.807, 2.05) is 31.2 Å². The molecule has 0 heterocycles. The third-order valence-electron chi connectivity index (χ3n) is 2.93. The topological polar surface area (TPSA) is 38.3 Å².